The Morgan fingerprint density at radius 1 is 1.10 bits per heavy atom. The minimum atomic E-state index is -4.80. The molecule has 160 valence electrons. The van der Waals surface area contributed by atoms with Gasteiger partial charge in [0.2, 0.25) is 21.9 Å². The van der Waals surface area contributed by atoms with Crippen molar-refractivity contribution in [3.63, 3.8) is 0 Å². The first-order valence-electron chi connectivity index (χ1n) is 9.02. The topological polar surface area (TPSA) is 94.1 Å². The van der Waals surface area contributed by atoms with Gasteiger partial charge >= 0.3 is 6.18 Å². The average molecular weight is 440 g/mol. The summed E-state index contributed by atoms with van der Waals surface area (Å²) < 4.78 is 73.1. The van der Waals surface area contributed by atoms with Crippen molar-refractivity contribution in [1.82, 2.24) is 15.0 Å². The predicted molar refractivity (Wildman–Crippen MR) is 106 cm³/mol. The van der Waals surface area contributed by atoms with Crippen LogP contribution in [0.15, 0.2) is 42.6 Å². The number of halogens is 3. The predicted octanol–water partition coefficient (Wildman–Crippen LogP) is 4.17. The Morgan fingerprint density at radius 3 is 2.33 bits per heavy atom. The van der Waals surface area contributed by atoms with Crippen molar-refractivity contribution in [2.75, 3.05) is 10.5 Å². The molecule has 11 heteroatoms. The van der Waals surface area contributed by atoms with Gasteiger partial charge < -0.3 is 4.74 Å². The number of nitrogens with one attached hydrogen (secondary N) is 1. The van der Waals surface area contributed by atoms with E-state index in [1.807, 2.05) is 0 Å². The lowest BCUT2D eigenvalue weighted by Crippen LogP contribution is -2.27. The smallest absolute Gasteiger partial charge is 0.429 e. The van der Waals surface area contributed by atoms with Gasteiger partial charge in [-0.15, -0.1) is 0 Å². The van der Waals surface area contributed by atoms with Crippen molar-refractivity contribution >= 4 is 26.9 Å². The van der Waals surface area contributed by atoms with Crippen LogP contribution in [0.25, 0.3) is 11.0 Å². The number of aromatic nitrogens is 3. The van der Waals surface area contributed by atoms with Gasteiger partial charge in [-0.1, -0.05) is 25.1 Å². The molecule has 0 aliphatic rings. The molecule has 2 aromatic heterocycles. The third kappa shape index (κ3) is 5.15. The molecular weight excluding hydrogens is 421 g/mol. The molecule has 0 aliphatic carbocycles. The second kappa shape index (κ2) is 8.42. The summed E-state index contributed by atoms with van der Waals surface area (Å²) in [7, 11) is -3.84. The van der Waals surface area contributed by atoms with Gasteiger partial charge in [-0.25, -0.2) is 18.4 Å². The second-order valence-corrected chi connectivity index (χ2v) is 8.40. The molecule has 1 N–H and O–H groups in total. The number of aryl methyl sites for hydroxylation is 1. The first kappa shape index (κ1) is 21.8. The highest BCUT2D eigenvalue weighted by Crippen LogP contribution is 2.38. The number of rotatable bonds is 7. The number of alkyl halides is 3. The number of benzene rings is 1. The monoisotopic (exact) mass is 440 g/mol. The van der Waals surface area contributed by atoms with Crippen molar-refractivity contribution in [1.29, 1.82) is 0 Å². The summed E-state index contributed by atoms with van der Waals surface area (Å²) in [5.74, 6) is -1.21. The Bertz CT molecular complexity index is 1140. The van der Waals surface area contributed by atoms with Crippen molar-refractivity contribution in [2.24, 2.45) is 0 Å². The van der Waals surface area contributed by atoms with E-state index < -0.39 is 34.0 Å². The number of sulfonamides is 1. The van der Waals surface area contributed by atoms with Gasteiger partial charge in [-0.2, -0.15) is 13.2 Å². The third-order valence-corrected chi connectivity index (χ3v) is 5.48. The number of pyridine rings is 1. The lowest BCUT2D eigenvalue weighted by molar-refractivity contribution is -0.198. The summed E-state index contributed by atoms with van der Waals surface area (Å²) in [5, 5.41) is 0. The molecule has 1 aromatic carbocycles. The Hall–Kier alpha value is -2.95. The molecule has 0 unspecified atom stereocenters. The van der Waals surface area contributed by atoms with E-state index in [1.54, 1.807) is 32.0 Å². The molecule has 30 heavy (non-hydrogen) atoms. The van der Waals surface area contributed by atoms with Crippen LogP contribution < -0.4 is 9.46 Å². The van der Waals surface area contributed by atoms with Crippen molar-refractivity contribution < 1.29 is 26.3 Å². The minimum Gasteiger partial charge on any atom is -0.457 e. The Balaban J connectivity index is 2.09. The quantitative estimate of drug-likeness (QED) is 0.593. The lowest BCUT2D eigenvalue weighted by atomic mass is 10.1. The van der Waals surface area contributed by atoms with E-state index >= 15 is 0 Å². The molecule has 0 saturated heterocycles. The SMILES string of the molecule is CCCS(=O)(=O)Nc1nc2ccccc2nc1O[C@H](c1ccc(C)nc1)C(F)(F)F. The zero-order valence-corrected chi connectivity index (χ0v) is 17.0. The highest BCUT2D eigenvalue weighted by atomic mass is 32.2. The Labute approximate surface area is 171 Å². The summed E-state index contributed by atoms with van der Waals surface area (Å²) in [6, 6.07) is 9.06. The van der Waals surface area contributed by atoms with Gasteiger partial charge in [-0.3, -0.25) is 9.71 Å². The van der Waals surface area contributed by atoms with E-state index in [0.29, 0.717) is 17.6 Å². The lowest BCUT2D eigenvalue weighted by Gasteiger charge is -2.22. The zero-order valence-electron chi connectivity index (χ0n) is 16.1. The summed E-state index contributed by atoms with van der Waals surface area (Å²) in [6.45, 7) is 3.30. The summed E-state index contributed by atoms with van der Waals surface area (Å²) in [5.41, 5.74) is 0.858. The minimum absolute atomic E-state index is 0.231. The fourth-order valence-electron chi connectivity index (χ4n) is 2.67. The molecule has 3 aromatic rings. The van der Waals surface area contributed by atoms with E-state index in [9.17, 15) is 21.6 Å². The maximum atomic E-state index is 13.8. The highest BCUT2D eigenvalue weighted by Gasteiger charge is 2.44. The third-order valence-electron chi connectivity index (χ3n) is 4.03. The van der Waals surface area contributed by atoms with Crippen LogP contribution in [-0.4, -0.2) is 35.3 Å². The van der Waals surface area contributed by atoms with E-state index in [0.717, 1.165) is 6.20 Å². The number of ether oxygens (including phenoxy) is 1. The van der Waals surface area contributed by atoms with Crippen molar-refractivity contribution in [2.45, 2.75) is 32.5 Å². The molecule has 0 fully saturated rings. The van der Waals surface area contributed by atoms with Crippen molar-refractivity contribution in [3.8, 4) is 5.88 Å². The number of nitrogens with zero attached hydrogens (tertiary/aromatic N) is 3. The van der Waals surface area contributed by atoms with Gasteiger partial charge in [0.1, 0.15) is 0 Å². The molecule has 0 amide bonds. The standard InChI is InChI=1S/C19H19F3N4O3S/c1-3-10-30(27,28)26-17-18(25-15-7-5-4-6-14(15)24-17)29-16(19(20,21)22)13-9-8-12(2)23-11-13/h4-9,11,16H,3,10H2,1-2H3,(H,24,26)/t16-/m1/s1. The largest absolute Gasteiger partial charge is 0.457 e. The normalized spacial score (nSPS) is 13.2. The summed E-state index contributed by atoms with van der Waals surface area (Å²) in [4.78, 5) is 12.1. The first-order valence-corrected chi connectivity index (χ1v) is 10.7. The van der Waals surface area contributed by atoms with E-state index in [4.69, 9.17) is 4.74 Å². The summed E-state index contributed by atoms with van der Waals surface area (Å²) >= 11 is 0. The molecule has 2 heterocycles. The fourth-order valence-corrected chi connectivity index (χ4v) is 3.74. The summed E-state index contributed by atoms with van der Waals surface area (Å²) in [6.07, 6.45) is -5.84. The van der Waals surface area contributed by atoms with Gasteiger partial charge in [0.25, 0.3) is 5.88 Å². The molecule has 0 bridgehead atoms. The van der Waals surface area contributed by atoms with Crippen molar-refractivity contribution in [3.05, 3.63) is 53.9 Å². The molecule has 1 atom stereocenters. The maximum Gasteiger partial charge on any atom is 0.429 e. The van der Waals surface area contributed by atoms with Crippen LogP contribution in [0, 0.1) is 6.92 Å². The van der Waals surface area contributed by atoms with E-state index in [2.05, 4.69) is 19.7 Å². The Kier molecular flexibility index (Phi) is 6.11. The maximum absolute atomic E-state index is 13.8. The van der Waals surface area contributed by atoms with Crippen LogP contribution in [0.2, 0.25) is 0 Å². The van der Waals surface area contributed by atoms with Crippen LogP contribution >= 0.6 is 0 Å². The van der Waals surface area contributed by atoms with Crippen LogP contribution in [0.5, 0.6) is 5.88 Å². The number of anilines is 1. The van der Waals surface area contributed by atoms with E-state index in [1.165, 1.54) is 18.2 Å². The molecule has 0 saturated carbocycles. The molecule has 0 spiro atoms. The van der Waals surface area contributed by atoms with Crippen LogP contribution in [0.3, 0.4) is 0 Å². The number of hydrogen-bond donors (Lipinski definition) is 1. The van der Waals surface area contributed by atoms with Crippen LogP contribution in [0.1, 0.15) is 30.7 Å². The highest BCUT2D eigenvalue weighted by molar-refractivity contribution is 7.92. The number of para-hydroxylation sites is 2. The Morgan fingerprint density at radius 2 is 1.77 bits per heavy atom. The van der Waals surface area contributed by atoms with Gasteiger partial charge in [0, 0.05) is 17.5 Å². The first-order chi connectivity index (χ1) is 14.1. The molecular formula is C19H19F3N4O3S. The zero-order chi connectivity index (χ0) is 21.9. The number of hydrogen-bond acceptors (Lipinski definition) is 6. The average Bonchev–Trinajstić information content (AvgIpc) is 2.66. The molecule has 0 aliphatic heterocycles. The number of fused-ring (bicyclic) bond motifs is 1. The second-order valence-electron chi connectivity index (χ2n) is 6.56. The molecule has 7 nitrogen and oxygen atoms in total. The van der Waals surface area contributed by atoms with Gasteiger partial charge in [0.15, 0.2) is 0 Å². The van der Waals surface area contributed by atoms with Gasteiger partial charge in [0.05, 0.1) is 16.8 Å². The van der Waals surface area contributed by atoms with Gasteiger partial charge in [-0.05, 0) is 31.5 Å². The van der Waals surface area contributed by atoms with Crippen LogP contribution in [0.4, 0.5) is 19.0 Å². The molecule has 3 rings (SSSR count). The molecule has 0 radical (unpaired) electrons. The van der Waals surface area contributed by atoms with E-state index in [-0.39, 0.29) is 16.8 Å². The van der Waals surface area contributed by atoms with Crippen LogP contribution in [-0.2, 0) is 10.0 Å². The fraction of sp³-hybridized carbons (Fsp3) is 0.316.